The minimum absolute atomic E-state index is 0.111. The molecule has 1 heterocycles. The summed E-state index contributed by atoms with van der Waals surface area (Å²) < 4.78 is 17.6. The van der Waals surface area contributed by atoms with Gasteiger partial charge in [0.25, 0.3) is 0 Å². The van der Waals surface area contributed by atoms with Crippen molar-refractivity contribution in [1.29, 1.82) is 0 Å². The fraction of sp³-hybridized carbons (Fsp3) is 0.667. The summed E-state index contributed by atoms with van der Waals surface area (Å²) in [7, 11) is 1.68. The molecule has 1 N–H and O–H groups in total. The average Bonchev–Trinajstić information content (AvgIpc) is 2.57. The van der Waals surface area contributed by atoms with Crippen LogP contribution in [0.4, 0.5) is 0 Å². The Balaban J connectivity index is 1.78. The molecule has 2 rings (SSSR count). The summed E-state index contributed by atoms with van der Waals surface area (Å²) in [6.45, 7) is 10.8. The van der Waals surface area contributed by atoms with E-state index in [0.29, 0.717) is 0 Å². The SMILES string of the molecule is COc1cc(CNCCCN2CCOCC2)cc(Br)c1OC(C)C. The minimum atomic E-state index is 0.111. The van der Waals surface area contributed by atoms with Crippen LogP contribution in [-0.4, -0.2) is 57.5 Å². The van der Waals surface area contributed by atoms with Gasteiger partial charge in [0.2, 0.25) is 0 Å². The maximum absolute atomic E-state index is 5.82. The third-order valence-corrected chi connectivity index (χ3v) is 4.49. The van der Waals surface area contributed by atoms with Crippen LogP contribution in [0.25, 0.3) is 0 Å². The van der Waals surface area contributed by atoms with Crippen LogP contribution in [0.3, 0.4) is 0 Å². The molecule has 24 heavy (non-hydrogen) atoms. The highest BCUT2D eigenvalue weighted by molar-refractivity contribution is 9.10. The Morgan fingerprint density at radius 3 is 2.71 bits per heavy atom. The van der Waals surface area contributed by atoms with E-state index in [4.69, 9.17) is 14.2 Å². The van der Waals surface area contributed by atoms with Crippen LogP contribution in [0.1, 0.15) is 25.8 Å². The lowest BCUT2D eigenvalue weighted by Gasteiger charge is -2.26. The maximum atomic E-state index is 5.82. The fourth-order valence-corrected chi connectivity index (χ4v) is 3.29. The van der Waals surface area contributed by atoms with E-state index in [9.17, 15) is 0 Å². The minimum Gasteiger partial charge on any atom is -0.493 e. The summed E-state index contributed by atoms with van der Waals surface area (Å²) in [5.74, 6) is 1.53. The zero-order chi connectivity index (χ0) is 17.4. The van der Waals surface area contributed by atoms with E-state index in [-0.39, 0.29) is 6.10 Å². The molecule has 0 aliphatic carbocycles. The highest BCUT2D eigenvalue weighted by Crippen LogP contribution is 2.37. The molecule has 1 fully saturated rings. The average molecular weight is 401 g/mol. The quantitative estimate of drug-likeness (QED) is 0.645. The van der Waals surface area contributed by atoms with Crippen molar-refractivity contribution in [1.82, 2.24) is 10.2 Å². The molecular weight excluding hydrogens is 372 g/mol. The van der Waals surface area contributed by atoms with Gasteiger partial charge in [0.15, 0.2) is 11.5 Å². The van der Waals surface area contributed by atoms with E-state index < -0.39 is 0 Å². The number of morpholine rings is 1. The molecule has 0 atom stereocenters. The Kier molecular flexibility index (Phi) is 8.32. The molecule has 0 amide bonds. The molecule has 0 radical (unpaired) electrons. The highest BCUT2D eigenvalue weighted by Gasteiger charge is 2.13. The molecule has 1 aliphatic heterocycles. The van der Waals surface area contributed by atoms with Crippen LogP contribution in [-0.2, 0) is 11.3 Å². The normalized spacial score (nSPS) is 15.7. The van der Waals surface area contributed by atoms with E-state index in [1.807, 2.05) is 19.9 Å². The van der Waals surface area contributed by atoms with Crippen LogP contribution >= 0.6 is 15.9 Å². The molecule has 1 aromatic carbocycles. The zero-order valence-corrected chi connectivity index (χ0v) is 16.5. The maximum Gasteiger partial charge on any atom is 0.175 e. The van der Waals surface area contributed by atoms with Gasteiger partial charge < -0.3 is 19.5 Å². The van der Waals surface area contributed by atoms with Gasteiger partial charge in [-0.2, -0.15) is 0 Å². The molecular formula is C18H29BrN2O3. The van der Waals surface area contributed by atoms with E-state index in [0.717, 1.165) is 68.3 Å². The number of nitrogens with one attached hydrogen (secondary N) is 1. The van der Waals surface area contributed by atoms with Gasteiger partial charge in [0.05, 0.1) is 30.9 Å². The molecule has 0 unspecified atom stereocenters. The van der Waals surface area contributed by atoms with Crippen molar-refractivity contribution in [2.75, 3.05) is 46.5 Å². The van der Waals surface area contributed by atoms with Gasteiger partial charge in [-0.1, -0.05) is 0 Å². The molecule has 0 saturated carbocycles. The fourth-order valence-electron chi connectivity index (χ4n) is 2.71. The van der Waals surface area contributed by atoms with Gasteiger partial charge in [-0.15, -0.1) is 0 Å². The Labute approximate surface area is 153 Å². The van der Waals surface area contributed by atoms with E-state index in [1.165, 1.54) is 5.56 Å². The summed E-state index contributed by atoms with van der Waals surface area (Å²) in [5.41, 5.74) is 1.18. The van der Waals surface area contributed by atoms with Crippen LogP contribution in [0.15, 0.2) is 16.6 Å². The molecule has 136 valence electrons. The zero-order valence-electron chi connectivity index (χ0n) is 14.9. The second-order valence-electron chi connectivity index (χ2n) is 6.26. The third kappa shape index (κ3) is 6.24. The molecule has 0 bridgehead atoms. The summed E-state index contributed by atoms with van der Waals surface area (Å²) in [6, 6.07) is 4.13. The van der Waals surface area contributed by atoms with Crippen molar-refractivity contribution in [3.63, 3.8) is 0 Å². The summed E-state index contributed by atoms with van der Waals surface area (Å²) in [4.78, 5) is 2.46. The van der Waals surface area contributed by atoms with Crippen molar-refractivity contribution in [3.8, 4) is 11.5 Å². The standard InChI is InChI=1S/C18H29BrN2O3/c1-14(2)24-18-16(19)11-15(12-17(18)22-3)13-20-5-4-6-21-7-9-23-10-8-21/h11-12,14,20H,4-10,13H2,1-3H3. The third-order valence-electron chi connectivity index (χ3n) is 3.90. The summed E-state index contributed by atoms with van der Waals surface area (Å²) in [5, 5.41) is 3.50. The van der Waals surface area contributed by atoms with E-state index >= 15 is 0 Å². The predicted molar refractivity (Wildman–Crippen MR) is 100 cm³/mol. The lowest BCUT2D eigenvalue weighted by Crippen LogP contribution is -2.37. The van der Waals surface area contributed by atoms with E-state index in [2.05, 4.69) is 32.2 Å². The largest absolute Gasteiger partial charge is 0.493 e. The molecule has 1 saturated heterocycles. The Bertz CT molecular complexity index is 505. The number of ether oxygens (including phenoxy) is 3. The Morgan fingerprint density at radius 2 is 2.04 bits per heavy atom. The molecule has 0 spiro atoms. The topological polar surface area (TPSA) is 43.0 Å². The van der Waals surface area contributed by atoms with Crippen molar-refractivity contribution in [2.45, 2.75) is 32.9 Å². The lowest BCUT2D eigenvalue weighted by atomic mass is 10.2. The van der Waals surface area contributed by atoms with Gasteiger partial charge >= 0.3 is 0 Å². The van der Waals surface area contributed by atoms with Crippen molar-refractivity contribution >= 4 is 15.9 Å². The second kappa shape index (κ2) is 10.2. The number of methoxy groups -OCH3 is 1. The lowest BCUT2D eigenvalue weighted by molar-refractivity contribution is 0.0374. The molecule has 0 aromatic heterocycles. The summed E-state index contributed by atoms with van der Waals surface area (Å²) in [6.07, 6.45) is 1.26. The monoisotopic (exact) mass is 400 g/mol. The molecule has 1 aliphatic rings. The predicted octanol–water partition coefficient (Wildman–Crippen LogP) is 3.06. The van der Waals surface area contributed by atoms with Gasteiger partial charge in [-0.3, -0.25) is 4.90 Å². The van der Waals surface area contributed by atoms with Gasteiger partial charge in [0.1, 0.15) is 0 Å². The van der Waals surface area contributed by atoms with Crippen LogP contribution in [0.5, 0.6) is 11.5 Å². The number of halogens is 1. The van der Waals surface area contributed by atoms with Crippen molar-refractivity contribution < 1.29 is 14.2 Å². The second-order valence-corrected chi connectivity index (χ2v) is 7.11. The highest BCUT2D eigenvalue weighted by atomic mass is 79.9. The van der Waals surface area contributed by atoms with Gasteiger partial charge in [-0.05, 0) is 67.0 Å². The molecule has 6 heteroatoms. The number of nitrogens with zero attached hydrogens (tertiary/aromatic N) is 1. The van der Waals surface area contributed by atoms with Crippen molar-refractivity contribution in [2.24, 2.45) is 0 Å². The van der Waals surface area contributed by atoms with Crippen LogP contribution < -0.4 is 14.8 Å². The summed E-state index contributed by atoms with van der Waals surface area (Å²) >= 11 is 3.59. The Hall–Kier alpha value is -0.820. The number of hydrogen-bond acceptors (Lipinski definition) is 5. The number of hydrogen-bond donors (Lipinski definition) is 1. The smallest absolute Gasteiger partial charge is 0.175 e. The first kappa shape index (κ1) is 19.5. The number of rotatable bonds is 9. The first-order chi connectivity index (χ1) is 11.6. The van der Waals surface area contributed by atoms with Gasteiger partial charge in [-0.25, -0.2) is 0 Å². The number of benzene rings is 1. The molecule has 5 nitrogen and oxygen atoms in total. The van der Waals surface area contributed by atoms with Gasteiger partial charge in [0, 0.05) is 19.6 Å². The first-order valence-electron chi connectivity index (χ1n) is 8.64. The first-order valence-corrected chi connectivity index (χ1v) is 9.43. The van der Waals surface area contributed by atoms with Crippen molar-refractivity contribution in [3.05, 3.63) is 22.2 Å². The molecule has 1 aromatic rings. The van der Waals surface area contributed by atoms with E-state index in [1.54, 1.807) is 7.11 Å². The Morgan fingerprint density at radius 1 is 1.29 bits per heavy atom. The van der Waals surface area contributed by atoms with Crippen LogP contribution in [0, 0.1) is 0 Å². The van der Waals surface area contributed by atoms with Crippen LogP contribution in [0.2, 0.25) is 0 Å².